The molecular weight excluding hydrogens is 242 g/mol. The lowest BCUT2D eigenvalue weighted by Gasteiger charge is -2.16. The molecule has 0 aliphatic carbocycles. The fourth-order valence-electron chi connectivity index (χ4n) is 1.84. The second-order valence-corrected chi connectivity index (χ2v) is 4.23. The van der Waals surface area contributed by atoms with E-state index in [0.29, 0.717) is 13.0 Å². The average molecular weight is 259 g/mol. The van der Waals surface area contributed by atoms with Gasteiger partial charge in [-0.15, -0.1) is 0 Å². The maximum atomic E-state index is 11.8. The molecule has 2 aromatic rings. The van der Waals surface area contributed by atoms with Crippen LogP contribution in [-0.2, 0) is 11.3 Å². The van der Waals surface area contributed by atoms with Crippen LogP contribution in [-0.4, -0.2) is 27.4 Å². The van der Waals surface area contributed by atoms with Crippen molar-refractivity contribution in [3.05, 3.63) is 54.4 Å². The molecule has 0 fully saturated rings. The minimum Gasteiger partial charge on any atom is -0.394 e. The molecule has 0 aliphatic heterocycles. The standard InChI is InChI=1S/C14H17N3O2/c18-11-13(12-5-2-1-3-6-12)16-14(19)7-10-17-9-4-8-15-17/h1-6,8-9,13,18H,7,10-11H2,(H,16,19)/t13-/m0/s1. The molecule has 19 heavy (non-hydrogen) atoms. The molecule has 0 saturated heterocycles. The van der Waals surface area contributed by atoms with E-state index in [0.717, 1.165) is 5.56 Å². The summed E-state index contributed by atoms with van der Waals surface area (Å²) in [6, 6.07) is 10.9. The summed E-state index contributed by atoms with van der Waals surface area (Å²) in [6.07, 6.45) is 3.83. The third kappa shape index (κ3) is 3.93. The van der Waals surface area contributed by atoms with Crippen LogP contribution in [0.15, 0.2) is 48.8 Å². The molecule has 2 N–H and O–H groups in total. The van der Waals surface area contributed by atoms with E-state index in [1.807, 2.05) is 42.6 Å². The van der Waals surface area contributed by atoms with E-state index in [1.165, 1.54) is 0 Å². The topological polar surface area (TPSA) is 67.2 Å². The number of aliphatic hydroxyl groups excluding tert-OH is 1. The van der Waals surface area contributed by atoms with Gasteiger partial charge in [-0.2, -0.15) is 5.10 Å². The highest BCUT2D eigenvalue weighted by Gasteiger charge is 2.13. The van der Waals surface area contributed by atoms with Gasteiger partial charge in [-0.1, -0.05) is 30.3 Å². The normalized spacial score (nSPS) is 12.1. The van der Waals surface area contributed by atoms with E-state index in [9.17, 15) is 9.90 Å². The first-order valence-corrected chi connectivity index (χ1v) is 6.22. The Balaban J connectivity index is 1.86. The number of hydrogen-bond acceptors (Lipinski definition) is 3. The van der Waals surface area contributed by atoms with Crippen LogP contribution in [0.5, 0.6) is 0 Å². The molecular formula is C14H17N3O2. The highest BCUT2D eigenvalue weighted by atomic mass is 16.3. The van der Waals surface area contributed by atoms with Gasteiger partial charge in [-0.3, -0.25) is 9.48 Å². The Kier molecular flexibility index (Phi) is 4.69. The summed E-state index contributed by atoms with van der Waals surface area (Å²) in [6.45, 7) is 0.420. The molecule has 0 aliphatic rings. The summed E-state index contributed by atoms with van der Waals surface area (Å²) in [4.78, 5) is 11.8. The lowest BCUT2D eigenvalue weighted by molar-refractivity contribution is -0.122. The predicted molar refractivity (Wildman–Crippen MR) is 71.3 cm³/mol. The minimum absolute atomic E-state index is 0.0987. The highest BCUT2D eigenvalue weighted by Crippen LogP contribution is 2.11. The Morgan fingerprint density at radius 1 is 1.32 bits per heavy atom. The second-order valence-electron chi connectivity index (χ2n) is 4.23. The molecule has 5 heteroatoms. The van der Waals surface area contributed by atoms with Gasteiger partial charge in [-0.25, -0.2) is 0 Å². The number of nitrogens with one attached hydrogen (secondary N) is 1. The van der Waals surface area contributed by atoms with Crippen molar-refractivity contribution < 1.29 is 9.90 Å². The van der Waals surface area contributed by atoms with Crippen molar-refractivity contribution in [3.63, 3.8) is 0 Å². The molecule has 100 valence electrons. The van der Waals surface area contributed by atoms with Crippen LogP contribution in [0.4, 0.5) is 0 Å². The van der Waals surface area contributed by atoms with E-state index in [-0.39, 0.29) is 18.6 Å². The molecule has 1 aromatic carbocycles. The Hall–Kier alpha value is -2.14. The van der Waals surface area contributed by atoms with Gasteiger partial charge in [-0.05, 0) is 11.6 Å². The van der Waals surface area contributed by atoms with E-state index in [4.69, 9.17) is 0 Å². The van der Waals surface area contributed by atoms with Gasteiger partial charge in [0.25, 0.3) is 0 Å². The van der Waals surface area contributed by atoms with Crippen molar-refractivity contribution in [3.8, 4) is 0 Å². The number of carbonyl (C=O) groups is 1. The van der Waals surface area contributed by atoms with Crippen LogP contribution in [0.1, 0.15) is 18.0 Å². The summed E-state index contributed by atoms with van der Waals surface area (Å²) in [5.74, 6) is -0.0987. The number of amides is 1. The van der Waals surface area contributed by atoms with Gasteiger partial charge in [0, 0.05) is 25.4 Å². The SMILES string of the molecule is O=C(CCn1cccn1)N[C@@H](CO)c1ccccc1. The maximum absolute atomic E-state index is 11.8. The molecule has 1 amide bonds. The zero-order valence-electron chi connectivity index (χ0n) is 10.6. The number of nitrogens with zero attached hydrogens (tertiary/aromatic N) is 2. The van der Waals surface area contributed by atoms with Gasteiger partial charge >= 0.3 is 0 Å². The van der Waals surface area contributed by atoms with Crippen molar-refractivity contribution in [1.82, 2.24) is 15.1 Å². The maximum Gasteiger partial charge on any atom is 0.222 e. The molecule has 1 heterocycles. The summed E-state index contributed by atoms with van der Waals surface area (Å²) < 4.78 is 1.70. The largest absolute Gasteiger partial charge is 0.394 e. The zero-order valence-corrected chi connectivity index (χ0v) is 10.6. The molecule has 5 nitrogen and oxygen atoms in total. The van der Waals surface area contributed by atoms with Crippen LogP contribution >= 0.6 is 0 Å². The average Bonchev–Trinajstić information content (AvgIpc) is 2.97. The fraction of sp³-hybridized carbons (Fsp3) is 0.286. The third-order valence-corrected chi connectivity index (χ3v) is 2.85. The molecule has 0 radical (unpaired) electrons. The van der Waals surface area contributed by atoms with Crippen molar-refractivity contribution in [2.75, 3.05) is 6.61 Å². The smallest absolute Gasteiger partial charge is 0.222 e. The molecule has 0 saturated carbocycles. The Morgan fingerprint density at radius 3 is 2.74 bits per heavy atom. The minimum atomic E-state index is -0.355. The molecule has 2 rings (SSSR count). The van der Waals surface area contributed by atoms with Gasteiger partial charge < -0.3 is 10.4 Å². The van der Waals surface area contributed by atoms with Crippen molar-refractivity contribution in [2.45, 2.75) is 19.0 Å². The van der Waals surface area contributed by atoms with Gasteiger partial charge in [0.05, 0.1) is 12.6 Å². The van der Waals surface area contributed by atoms with E-state index < -0.39 is 0 Å². The number of hydrogen-bond donors (Lipinski definition) is 2. The van der Waals surface area contributed by atoms with Crippen molar-refractivity contribution in [2.24, 2.45) is 0 Å². The predicted octanol–water partition coefficient (Wildman–Crippen LogP) is 1.12. The third-order valence-electron chi connectivity index (χ3n) is 2.85. The number of aryl methyl sites for hydroxylation is 1. The van der Waals surface area contributed by atoms with Crippen LogP contribution in [0.2, 0.25) is 0 Å². The summed E-state index contributed by atoms with van der Waals surface area (Å²) in [5.41, 5.74) is 0.900. The van der Waals surface area contributed by atoms with Crippen molar-refractivity contribution >= 4 is 5.91 Å². The number of carbonyl (C=O) groups excluding carboxylic acids is 1. The van der Waals surface area contributed by atoms with Gasteiger partial charge in [0.15, 0.2) is 0 Å². The molecule has 0 bridgehead atoms. The van der Waals surface area contributed by atoms with E-state index >= 15 is 0 Å². The van der Waals surface area contributed by atoms with Crippen LogP contribution in [0.3, 0.4) is 0 Å². The van der Waals surface area contributed by atoms with E-state index in [2.05, 4.69) is 10.4 Å². The lowest BCUT2D eigenvalue weighted by atomic mass is 10.1. The molecule has 1 aromatic heterocycles. The summed E-state index contributed by atoms with van der Waals surface area (Å²) in [5, 5.41) is 16.2. The number of aliphatic hydroxyl groups is 1. The summed E-state index contributed by atoms with van der Waals surface area (Å²) in [7, 11) is 0. The number of benzene rings is 1. The first-order valence-electron chi connectivity index (χ1n) is 6.22. The fourth-order valence-corrected chi connectivity index (χ4v) is 1.84. The molecule has 0 spiro atoms. The Morgan fingerprint density at radius 2 is 2.11 bits per heavy atom. The van der Waals surface area contributed by atoms with Crippen LogP contribution < -0.4 is 5.32 Å². The van der Waals surface area contributed by atoms with Crippen LogP contribution in [0.25, 0.3) is 0 Å². The van der Waals surface area contributed by atoms with Crippen molar-refractivity contribution in [1.29, 1.82) is 0 Å². The van der Waals surface area contributed by atoms with Gasteiger partial charge in [0.1, 0.15) is 0 Å². The number of rotatable bonds is 6. The second kappa shape index (κ2) is 6.70. The molecule has 0 unspecified atom stereocenters. The monoisotopic (exact) mass is 259 g/mol. The number of aromatic nitrogens is 2. The zero-order chi connectivity index (χ0) is 13.5. The van der Waals surface area contributed by atoms with E-state index in [1.54, 1.807) is 10.9 Å². The Labute approximate surface area is 111 Å². The lowest BCUT2D eigenvalue weighted by Crippen LogP contribution is -2.31. The first-order chi connectivity index (χ1) is 9.29. The Bertz CT molecular complexity index is 497. The molecule has 1 atom stereocenters. The van der Waals surface area contributed by atoms with Crippen LogP contribution in [0, 0.1) is 0 Å². The quantitative estimate of drug-likeness (QED) is 0.817. The van der Waals surface area contributed by atoms with Gasteiger partial charge in [0.2, 0.25) is 5.91 Å². The highest BCUT2D eigenvalue weighted by molar-refractivity contribution is 5.76. The first kappa shape index (κ1) is 13.3. The summed E-state index contributed by atoms with van der Waals surface area (Å²) >= 11 is 0.